The zero-order valence-electron chi connectivity index (χ0n) is 14.6. The minimum Gasteiger partial charge on any atom is -0.490 e. The lowest BCUT2D eigenvalue weighted by Crippen LogP contribution is -2.46. The second-order valence-corrected chi connectivity index (χ2v) is 6.82. The number of nitrogens with zero attached hydrogens (tertiary/aromatic N) is 2. The summed E-state index contributed by atoms with van der Waals surface area (Å²) in [7, 11) is 1.52. The van der Waals surface area contributed by atoms with Crippen molar-refractivity contribution in [2.45, 2.75) is 51.1 Å². The van der Waals surface area contributed by atoms with E-state index in [4.69, 9.17) is 4.74 Å². The van der Waals surface area contributed by atoms with Gasteiger partial charge in [0.15, 0.2) is 5.75 Å². The maximum atomic E-state index is 11.2. The molecule has 2 fully saturated rings. The molecule has 6 nitrogen and oxygen atoms in total. The minimum absolute atomic E-state index is 0.0583. The third-order valence-electron chi connectivity index (χ3n) is 5.51. The number of hydrogen-bond donors (Lipinski definition) is 1. The van der Waals surface area contributed by atoms with Crippen LogP contribution in [0.15, 0.2) is 12.1 Å². The highest BCUT2D eigenvalue weighted by molar-refractivity contribution is 5.55. The number of likely N-dealkylation sites (tertiary alicyclic amines) is 1. The Morgan fingerprint density at radius 2 is 2.00 bits per heavy atom. The van der Waals surface area contributed by atoms with Gasteiger partial charge in [-0.2, -0.15) is 0 Å². The summed E-state index contributed by atoms with van der Waals surface area (Å²) in [5, 5.41) is 14.7. The Bertz CT molecular complexity index is 599. The van der Waals surface area contributed by atoms with E-state index in [1.807, 2.05) is 13.0 Å². The molecular formula is C18H27N3O3. The van der Waals surface area contributed by atoms with Gasteiger partial charge in [0.25, 0.3) is 0 Å². The second-order valence-electron chi connectivity index (χ2n) is 6.82. The fourth-order valence-corrected chi connectivity index (χ4v) is 4.32. The molecule has 6 heteroatoms. The van der Waals surface area contributed by atoms with E-state index in [9.17, 15) is 10.1 Å². The van der Waals surface area contributed by atoms with Crippen molar-refractivity contribution in [3.05, 3.63) is 33.4 Å². The first kappa shape index (κ1) is 17.2. The number of benzene rings is 1. The Morgan fingerprint density at radius 1 is 1.25 bits per heavy atom. The van der Waals surface area contributed by atoms with Gasteiger partial charge >= 0.3 is 5.69 Å². The van der Waals surface area contributed by atoms with Crippen LogP contribution in [0.1, 0.15) is 49.3 Å². The molecule has 0 spiro atoms. The second kappa shape index (κ2) is 7.49. The molecule has 0 aliphatic carbocycles. The molecule has 1 unspecified atom stereocenters. The highest BCUT2D eigenvalue weighted by Crippen LogP contribution is 2.41. The molecule has 0 aromatic heterocycles. The molecule has 2 aliphatic rings. The van der Waals surface area contributed by atoms with Gasteiger partial charge in [-0.25, -0.2) is 0 Å². The van der Waals surface area contributed by atoms with Crippen LogP contribution in [-0.4, -0.2) is 42.6 Å². The largest absolute Gasteiger partial charge is 0.490 e. The fraction of sp³-hybridized carbons (Fsp3) is 0.667. The lowest BCUT2D eigenvalue weighted by Gasteiger charge is -2.43. The number of hydrogen-bond acceptors (Lipinski definition) is 5. The van der Waals surface area contributed by atoms with E-state index in [2.05, 4.69) is 10.2 Å². The third-order valence-corrected chi connectivity index (χ3v) is 5.51. The van der Waals surface area contributed by atoms with Crippen molar-refractivity contribution in [3.63, 3.8) is 0 Å². The summed E-state index contributed by atoms with van der Waals surface area (Å²) in [4.78, 5) is 13.5. The summed E-state index contributed by atoms with van der Waals surface area (Å²) >= 11 is 0. The average molecular weight is 333 g/mol. The van der Waals surface area contributed by atoms with Crippen molar-refractivity contribution < 1.29 is 9.66 Å². The van der Waals surface area contributed by atoms with Crippen LogP contribution < -0.4 is 10.1 Å². The topological polar surface area (TPSA) is 67.6 Å². The number of nitrogens with one attached hydrogen (secondary N) is 1. The molecule has 0 amide bonds. The quantitative estimate of drug-likeness (QED) is 0.677. The standard InChI is InChI=1S/C18H27N3O3/c1-13-15(6-7-17(21(22)23)18(13)24-2)16-5-3-4-12-20(16)14-8-10-19-11-9-14/h6-7,14,16,19H,3-5,8-12H2,1-2H3. The average Bonchev–Trinajstić information content (AvgIpc) is 2.62. The molecule has 1 N–H and O–H groups in total. The maximum Gasteiger partial charge on any atom is 0.311 e. The predicted molar refractivity (Wildman–Crippen MR) is 93.6 cm³/mol. The van der Waals surface area contributed by atoms with E-state index in [1.165, 1.54) is 38.4 Å². The number of piperidine rings is 2. The van der Waals surface area contributed by atoms with Gasteiger partial charge in [-0.15, -0.1) is 0 Å². The molecular weight excluding hydrogens is 306 g/mol. The predicted octanol–water partition coefficient (Wildman–Crippen LogP) is 3.19. The highest BCUT2D eigenvalue weighted by atomic mass is 16.6. The Labute approximate surface area is 143 Å². The molecule has 0 saturated carbocycles. The van der Waals surface area contributed by atoms with Gasteiger partial charge in [0.1, 0.15) is 0 Å². The minimum atomic E-state index is -0.360. The van der Waals surface area contributed by atoms with Crippen molar-refractivity contribution >= 4 is 5.69 Å². The third kappa shape index (κ3) is 3.26. The molecule has 2 aliphatic heterocycles. The van der Waals surface area contributed by atoms with E-state index >= 15 is 0 Å². The number of nitro benzene ring substituents is 1. The molecule has 1 aromatic carbocycles. The zero-order valence-corrected chi connectivity index (χ0v) is 14.6. The molecule has 132 valence electrons. The van der Waals surface area contributed by atoms with Gasteiger partial charge in [0.2, 0.25) is 0 Å². The van der Waals surface area contributed by atoms with Crippen LogP contribution in [0.25, 0.3) is 0 Å². The first-order valence-corrected chi connectivity index (χ1v) is 8.91. The molecule has 2 saturated heterocycles. The smallest absolute Gasteiger partial charge is 0.311 e. The van der Waals surface area contributed by atoms with Crippen molar-refractivity contribution in [2.75, 3.05) is 26.7 Å². The van der Waals surface area contributed by atoms with Crippen LogP contribution in [-0.2, 0) is 0 Å². The monoisotopic (exact) mass is 333 g/mol. The van der Waals surface area contributed by atoms with Gasteiger partial charge in [0.05, 0.1) is 12.0 Å². The summed E-state index contributed by atoms with van der Waals surface area (Å²) in [5.41, 5.74) is 2.16. The molecule has 1 aromatic rings. The number of ether oxygens (including phenoxy) is 1. The van der Waals surface area contributed by atoms with E-state index in [0.717, 1.165) is 31.6 Å². The Hall–Kier alpha value is -1.66. The summed E-state index contributed by atoms with van der Waals surface area (Å²) in [6.45, 7) is 5.23. The van der Waals surface area contributed by atoms with E-state index in [1.54, 1.807) is 6.07 Å². The normalized spacial score (nSPS) is 23.2. The van der Waals surface area contributed by atoms with Crippen LogP contribution in [0.5, 0.6) is 5.75 Å². The molecule has 24 heavy (non-hydrogen) atoms. The van der Waals surface area contributed by atoms with Crippen molar-refractivity contribution in [2.24, 2.45) is 0 Å². The van der Waals surface area contributed by atoms with Crippen LogP contribution >= 0.6 is 0 Å². The molecule has 3 rings (SSSR count). The van der Waals surface area contributed by atoms with Crippen molar-refractivity contribution in [1.82, 2.24) is 10.2 Å². The first-order chi connectivity index (χ1) is 11.6. The Balaban J connectivity index is 1.94. The van der Waals surface area contributed by atoms with Crippen LogP contribution in [0, 0.1) is 17.0 Å². The van der Waals surface area contributed by atoms with Gasteiger partial charge in [-0.1, -0.05) is 12.5 Å². The SMILES string of the molecule is COc1c([N+](=O)[O-])ccc(C2CCCCN2C2CCNCC2)c1C. The van der Waals surface area contributed by atoms with Gasteiger partial charge in [-0.3, -0.25) is 15.0 Å². The molecule has 0 bridgehead atoms. The van der Waals surface area contributed by atoms with E-state index < -0.39 is 0 Å². The van der Waals surface area contributed by atoms with E-state index in [0.29, 0.717) is 17.8 Å². The van der Waals surface area contributed by atoms with Crippen molar-refractivity contribution in [3.8, 4) is 5.75 Å². The lowest BCUT2D eigenvalue weighted by atomic mass is 9.88. The summed E-state index contributed by atoms with van der Waals surface area (Å²) in [6.07, 6.45) is 5.93. The highest BCUT2D eigenvalue weighted by Gasteiger charge is 2.33. The maximum absolute atomic E-state index is 11.2. The van der Waals surface area contributed by atoms with Crippen molar-refractivity contribution in [1.29, 1.82) is 0 Å². The number of nitro groups is 1. The molecule has 0 radical (unpaired) electrons. The number of rotatable bonds is 4. The van der Waals surface area contributed by atoms with Gasteiger partial charge < -0.3 is 10.1 Å². The van der Waals surface area contributed by atoms with Crippen LogP contribution in [0.2, 0.25) is 0 Å². The summed E-state index contributed by atoms with van der Waals surface area (Å²) < 4.78 is 5.38. The molecule has 2 heterocycles. The lowest BCUT2D eigenvalue weighted by molar-refractivity contribution is -0.385. The number of methoxy groups -OCH3 is 1. The van der Waals surface area contributed by atoms with Gasteiger partial charge in [-0.05, 0) is 57.8 Å². The zero-order chi connectivity index (χ0) is 17.1. The van der Waals surface area contributed by atoms with Gasteiger partial charge in [0, 0.05) is 23.7 Å². The van der Waals surface area contributed by atoms with Crippen LogP contribution in [0.3, 0.4) is 0 Å². The Kier molecular flexibility index (Phi) is 5.36. The fourth-order valence-electron chi connectivity index (χ4n) is 4.32. The van der Waals surface area contributed by atoms with Crippen LogP contribution in [0.4, 0.5) is 5.69 Å². The van der Waals surface area contributed by atoms with E-state index in [-0.39, 0.29) is 10.6 Å². The summed E-state index contributed by atoms with van der Waals surface area (Å²) in [5.74, 6) is 0.410. The summed E-state index contributed by atoms with van der Waals surface area (Å²) in [6, 6.07) is 4.50. The molecule has 1 atom stereocenters. The Morgan fingerprint density at radius 3 is 2.67 bits per heavy atom. The first-order valence-electron chi connectivity index (χ1n) is 8.91.